The van der Waals surface area contributed by atoms with Crippen LogP contribution in [0.1, 0.15) is 15.9 Å². The van der Waals surface area contributed by atoms with Gasteiger partial charge in [-0.05, 0) is 30.7 Å². The molecular formula is C11H10N2O2. The van der Waals surface area contributed by atoms with Crippen molar-refractivity contribution in [1.82, 2.24) is 9.55 Å². The molecule has 0 fully saturated rings. The van der Waals surface area contributed by atoms with E-state index in [9.17, 15) is 4.79 Å². The molecule has 1 aromatic carbocycles. The van der Waals surface area contributed by atoms with Gasteiger partial charge in [-0.3, -0.25) is 0 Å². The lowest BCUT2D eigenvalue weighted by Gasteiger charge is -2.05. The molecule has 0 saturated heterocycles. The third-order valence-electron chi connectivity index (χ3n) is 2.24. The van der Waals surface area contributed by atoms with Crippen molar-refractivity contribution in [3.05, 3.63) is 48.0 Å². The molecule has 0 saturated carbocycles. The zero-order valence-corrected chi connectivity index (χ0v) is 8.21. The highest BCUT2D eigenvalue weighted by Crippen LogP contribution is 2.14. The lowest BCUT2D eigenvalue weighted by molar-refractivity contribution is 0.0696. The van der Waals surface area contributed by atoms with Gasteiger partial charge in [-0.25, -0.2) is 9.78 Å². The first-order valence-electron chi connectivity index (χ1n) is 4.51. The number of hydrogen-bond donors (Lipinski definition) is 1. The third kappa shape index (κ3) is 1.74. The second kappa shape index (κ2) is 3.57. The number of aromatic nitrogens is 2. The molecule has 0 radical (unpaired) electrons. The minimum absolute atomic E-state index is 0.332. The SMILES string of the molecule is Cc1cc(-n2ccnc2)ccc1C(=O)O. The Morgan fingerprint density at radius 2 is 2.27 bits per heavy atom. The minimum atomic E-state index is -0.898. The average molecular weight is 202 g/mol. The Morgan fingerprint density at radius 1 is 1.47 bits per heavy atom. The van der Waals surface area contributed by atoms with Gasteiger partial charge in [0.05, 0.1) is 11.9 Å². The summed E-state index contributed by atoms with van der Waals surface area (Å²) in [7, 11) is 0. The molecule has 0 spiro atoms. The molecule has 2 rings (SSSR count). The van der Waals surface area contributed by atoms with Crippen LogP contribution in [0.25, 0.3) is 5.69 Å². The van der Waals surface area contributed by atoms with Crippen molar-refractivity contribution in [1.29, 1.82) is 0 Å². The smallest absolute Gasteiger partial charge is 0.335 e. The number of nitrogens with zero attached hydrogens (tertiary/aromatic N) is 2. The van der Waals surface area contributed by atoms with Crippen molar-refractivity contribution in [2.75, 3.05) is 0 Å². The monoisotopic (exact) mass is 202 g/mol. The molecule has 4 nitrogen and oxygen atoms in total. The maximum absolute atomic E-state index is 10.8. The van der Waals surface area contributed by atoms with Crippen LogP contribution in [0.2, 0.25) is 0 Å². The maximum Gasteiger partial charge on any atom is 0.335 e. The van der Waals surface area contributed by atoms with Gasteiger partial charge >= 0.3 is 5.97 Å². The van der Waals surface area contributed by atoms with Crippen molar-refractivity contribution in [3.8, 4) is 5.69 Å². The number of hydrogen-bond acceptors (Lipinski definition) is 2. The first kappa shape index (κ1) is 9.45. The fourth-order valence-corrected chi connectivity index (χ4v) is 1.46. The Hall–Kier alpha value is -2.10. The van der Waals surface area contributed by atoms with Crippen LogP contribution in [0, 0.1) is 6.92 Å². The molecule has 1 aromatic heterocycles. The van der Waals surface area contributed by atoms with E-state index in [1.807, 2.05) is 16.8 Å². The Kier molecular flexibility index (Phi) is 2.25. The number of aryl methyl sites for hydroxylation is 1. The van der Waals surface area contributed by atoms with Crippen LogP contribution < -0.4 is 0 Å². The van der Waals surface area contributed by atoms with Crippen LogP contribution in [0.5, 0.6) is 0 Å². The highest BCUT2D eigenvalue weighted by Gasteiger charge is 2.07. The van der Waals surface area contributed by atoms with Gasteiger partial charge in [-0.1, -0.05) is 0 Å². The van der Waals surface area contributed by atoms with Crippen molar-refractivity contribution in [2.24, 2.45) is 0 Å². The number of carboxylic acids is 1. The fraction of sp³-hybridized carbons (Fsp3) is 0.0909. The second-order valence-corrected chi connectivity index (χ2v) is 3.27. The highest BCUT2D eigenvalue weighted by atomic mass is 16.4. The number of aromatic carboxylic acids is 1. The summed E-state index contributed by atoms with van der Waals surface area (Å²) >= 11 is 0. The molecule has 15 heavy (non-hydrogen) atoms. The van der Waals surface area contributed by atoms with Crippen LogP contribution in [0.3, 0.4) is 0 Å². The van der Waals surface area contributed by atoms with Crippen molar-refractivity contribution >= 4 is 5.97 Å². The van der Waals surface area contributed by atoms with E-state index in [2.05, 4.69) is 4.98 Å². The normalized spacial score (nSPS) is 10.2. The van der Waals surface area contributed by atoms with Crippen molar-refractivity contribution < 1.29 is 9.90 Å². The molecule has 4 heteroatoms. The first-order valence-corrected chi connectivity index (χ1v) is 4.51. The zero-order chi connectivity index (χ0) is 10.8. The lowest BCUT2D eigenvalue weighted by Crippen LogP contribution is -2.01. The van der Waals surface area contributed by atoms with Crippen LogP contribution >= 0.6 is 0 Å². The molecule has 0 bridgehead atoms. The molecule has 0 aliphatic rings. The zero-order valence-electron chi connectivity index (χ0n) is 8.21. The maximum atomic E-state index is 10.8. The first-order chi connectivity index (χ1) is 7.18. The van der Waals surface area contributed by atoms with Gasteiger partial charge in [0.1, 0.15) is 0 Å². The summed E-state index contributed by atoms with van der Waals surface area (Å²) in [5.41, 5.74) is 1.99. The van der Waals surface area contributed by atoms with Crippen molar-refractivity contribution in [3.63, 3.8) is 0 Å². The topological polar surface area (TPSA) is 55.1 Å². The number of carboxylic acid groups (broad SMARTS) is 1. The van der Waals surface area contributed by atoms with Gasteiger partial charge < -0.3 is 9.67 Å². The van der Waals surface area contributed by atoms with Gasteiger partial charge in [0, 0.05) is 18.1 Å². The molecule has 0 amide bonds. The summed E-state index contributed by atoms with van der Waals surface area (Å²) in [6, 6.07) is 5.19. The largest absolute Gasteiger partial charge is 0.478 e. The van der Waals surface area contributed by atoms with E-state index >= 15 is 0 Å². The molecule has 2 aromatic rings. The molecule has 0 unspecified atom stereocenters. The summed E-state index contributed by atoms with van der Waals surface area (Å²) in [6.45, 7) is 1.78. The van der Waals surface area contributed by atoms with Gasteiger partial charge in [-0.2, -0.15) is 0 Å². The predicted octanol–water partition coefficient (Wildman–Crippen LogP) is 1.88. The van der Waals surface area contributed by atoms with E-state index < -0.39 is 5.97 Å². The quantitative estimate of drug-likeness (QED) is 0.808. The molecule has 76 valence electrons. The van der Waals surface area contributed by atoms with Gasteiger partial charge in [0.15, 0.2) is 0 Å². The summed E-state index contributed by atoms with van der Waals surface area (Å²) in [5, 5.41) is 8.87. The van der Waals surface area contributed by atoms with E-state index in [-0.39, 0.29) is 0 Å². The van der Waals surface area contributed by atoms with Crippen LogP contribution in [-0.4, -0.2) is 20.6 Å². The molecule has 1 N–H and O–H groups in total. The number of carbonyl (C=O) groups is 1. The Bertz CT molecular complexity index is 489. The summed E-state index contributed by atoms with van der Waals surface area (Å²) in [5.74, 6) is -0.898. The van der Waals surface area contributed by atoms with E-state index in [4.69, 9.17) is 5.11 Å². The van der Waals surface area contributed by atoms with Crippen LogP contribution in [0.4, 0.5) is 0 Å². The summed E-state index contributed by atoms with van der Waals surface area (Å²) in [6.07, 6.45) is 5.17. The van der Waals surface area contributed by atoms with E-state index in [0.29, 0.717) is 5.56 Å². The number of rotatable bonds is 2. The average Bonchev–Trinajstić information content (AvgIpc) is 2.69. The number of benzene rings is 1. The number of imidazole rings is 1. The second-order valence-electron chi connectivity index (χ2n) is 3.27. The van der Waals surface area contributed by atoms with Crippen LogP contribution in [-0.2, 0) is 0 Å². The van der Waals surface area contributed by atoms with Gasteiger partial charge in [0.2, 0.25) is 0 Å². The molecule has 0 atom stereocenters. The molecule has 0 aliphatic heterocycles. The summed E-state index contributed by atoms with van der Waals surface area (Å²) < 4.78 is 1.83. The Morgan fingerprint density at radius 3 is 2.80 bits per heavy atom. The Labute approximate surface area is 86.8 Å². The summed E-state index contributed by atoms with van der Waals surface area (Å²) in [4.78, 5) is 14.7. The van der Waals surface area contributed by atoms with E-state index in [1.54, 1.807) is 31.6 Å². The fourth-order valence-electron chi connectivity index (χ4n) is 1.46. The van der Waals surface area contributed by atoms with Crippen LogP contribution in [0.15, 0.2) is 36.9 Å². The Balaban J connectivity index is 2.47. The standard InChI is InChI=1S/C11H10N2O2/c1-8-6-9(13-5-4-12-7-13)2-3-10(8)11(14)15/h2-7H,1H3,(H,14,15). The van der Waals surface area contributed by atoms with Gasteiger partial charge in [-0.15, -0.1) is 0 Å². The predicted molar refractivity (Wildman–Crippen MR) is 55.3 cm³/mol. The molecule has 0 aliphatic carbocycles. The lowest BCUT2D eigenvalue weighted by atomic mass is 10.1. The highest BCUT2D eigenvalue weighted by molar-refractivity contribution is 5.89. The van der Waals surface area contributed by atoms with E-state index in [0.717, 1.165) is 11.3 Å². The minimum Gasteiger partial charge on any atom is -0.478 e. The molecule has 1 heterocycles. The van der Waals surface area contributed by atoms with Gasteiger partial charge in [0.25, 0.3) is 0 Å². The van der Waals surface area contributed by atoms with Crippen molar-refractivity contribution in [2.45, 2.75) is 6.92 Å². The van der Waals surface area contributed by atoms with E-state index in [1.165, 1.54) is 0 Å². The molecular weight excluding hydrogens is 192 g/mol. The third-order valence-corrected chi connectivity index (χ3v) is 2.24.